The van der Waals surface area contributed by atoms with E-state index in [-0.39, 0.29) is 17.8 Å². The van der Waals surface area contributed by atoms with Crippen molar-refractivity contribution in [1.82, 2.24) is 4.90 Å². The second-order valence-electron chi connectivity index (χ2n) is 8.66. The number of benzene rings is 2. The zero-order chi connectivity index (χ0) is 24.1. The van der Waals surface area contributed by atoms with Gasteiger partial charge in [0.2, 0.25) is 0 Å². The van der Waals surface area contributed by atoms with E-state index in [4.69, 9.17) is 13.9 Å². The van der Waals surface area contributed by atoms with Crippen LogP contribution in [0.1, 0.15) is 59.9 Å². The summed E-state index contributed by atoms with van der Waals surface area (Å²) >= 11 is 0. The van der Waals surface area contributed by atoms with Crippen molar-refractivity contribution in [1.29, 1.82) is 0 Å². The van der Waals surface area contributed by atoms with E-state index in [1.54, 1.807) is 30.9 Å². The van der Waals surface area contributed by atoms with Gasteiger partial charge in [0.15, 0.2) is 11.5 Å². The first-order valence-corrected chi connectivity index (χ1v) is 11.4. The monoisotopic (exact) mass is 459 g/mol. The van der Waals surface area contributed by atoms with Crippen LogP contribution in [0.25, 0.3) is 0 Å². The second kappa shape index (κ2) is 10.2. The van der Waals surface area contributed by atoms with Crippen LogP contribution in [0, 0.1) is 11.8 Å². The molecule has 1 amide bonds. The van der Waals surface area contributed by atoms with E-state index in [2.05, 4.69) is 17.9 Å². The lowest BCUT2D eigenvalue weighted by Crippen LogP contribution is -2.32. The Morgan fingerprint density at radius 1 is 1.15 bits per heavy atom. The summed E-state index contributed by atoms with van der Waals surface area (Å²) in [7, 11) is 0. The Hall–Kier alpha value is -3.53. The van der Waals surface area contributed by atoms with Gasteiger partial charge in [0.1, 0.15) is 24.1 Å². The lowest BCUT2D eigenvalue weighted by Gasteiger charge is -2.21. The number of nitrogens with zero attached hydrogens (tertiary/aromatic N) is 1. The van der Waals surface area contributed by atoms with E-state index in [1.165, 1.54) is 0 Å². The van der Waals surface area contributed by atoms with Crippen LogP contribution in [0.2, 0.25) is 0 Å². The van der Waals surface area contributed by atoms with Crippen molar-refractivity contribution in [2.75, 3.05) is 19.8 Å². The van der Waals surface area contributed by atoms with E-state index in [9.17, 15) is 9.90 Å². The average molecular weight is 460 g/mol. The maximum atomic E-state index is 13.2. The first-order valence-electron chi connectivity index (χ1n) is 11.4. The number of rotatable bonds is 5. The van der Waals surface area contributed by atoms with Crippen molar-refractivity contribution in [2.24, 2.45) is 0 Å². The van der Waals surface area contributed by atoms with Crippen molar-refractivity contribution in [3.63, 3.8) is 0 Å². The molecule has 3 aromatic rings. The zero-order valence-electron chi connectivity index (χ0n) is 19.7. The summed E-state index contributed by atoms with van der Waals surface area (Å²) in [6.07, 6.45) is -0.203. The van der Waals surface area contributed by atoms with Crippen molar-refractivity contribution in [3.05, 3.63) is 88.9 Å². The lowest BCUT2D eigenvalue weighted by molar-refractivity contribution is 0.0700. The molecule has 0 bridgehead atoms. The van der Waals surface area contributed by atoms with E-state index in [1.807, 2.05) is 49.4 Å². The van der Waals surface area contributed by atoms with E-state index in [0.717, 1.165) is 22.4 Å². The minimum Gasteiger partial charge on any atom is -0.491 e. The molecule has 176 valence electrons. The highest BCUT2D eigenvalue weighted by Gasteiger charge is 2.25. The van der Waals surface area contributed by atoms with Gasteiger partial charge in [0, 0.05) is 18.7 Å². The molecule has 0 radical (unpaired) electrons. The number of hydrogen-bond acceptors (Lipinski definition) is 5. The summed E-state index contributed by atoms with van der Waals surface area (Å²) in [6, 6.07) is 19.3. The molecule has 1 N–H and O–H groups in total. The van der Waals surface area contributed by atoms with Gasteiger partial charge in [-0.2, -0.15) is 0 Å². The SMILES string of the molecule is CCOC(c1ccccc1)c1ccc2c(c1)CN(C(=O)c1ccc(C#CC(C)(C)O)o1)CCO2. The third-order valence-electron chi connectivity index (χ3n) is 5.40. The number of hydrogen-bond donors (Lipinski definition) is 1. The second-order valence-corrected chi connectivity index (χ2v) is 8.66. The summed E-state index contributed by atoms with van der Waals surface area (Å²) in [4.78, 5) is 14.9. The van der Waals surface area contributed by atoms with Gasteiger partial charge >= 0.3 is 0 Å². The molecule has 0 aliphatic carbocycles. The van der Waals surface area contributed by atoms with Gasteiger partial charge in [-0.3, -0.25) is 4.79 Å². The molecule has 34 heavy (non-hydrogen) atoms. The molecule has 2 heterocycles. The first-order chi connectivity index (χ1) is 16.3. The summed E-state index contributed by atoms with van der Waals surface area (Å²) in [5, 5.41) is 9.78. The van der Waals surface area contributed by atoms with E-state index >= 15 is 0 Å². The minimum atomic E-state index is -1.14. The topological polar surface area (TPSA) is 72.1 Å². The molecule has 0 saturated carbocycles. The van der Waals surface area contributed by atoms with Crippen LogP contribution in [0.3, 0.4) is 0 Å². The highest BCUT2D eigenvalue weighted by atomic mass is 16.5. The molecular formula is C28H29NO5. The largest absolute Gasteiger partial charge is 0.491 e. The number of furan rings is 1. The van der Waals surface area contributed by atoms with Crippen LogP contribution in [-0.4, -0.2) is 41.3 Å². The minimum absolute atomic E-state index is 0.203. The Kier molecular flexibility index (Phi) is 7.06. The Labute approximate surface area is 200 Å². The normalized spacial score (nSPS) is 14.3. The number of carbonyl (C=O) groups is 1. The van der Waals surface area contributed by atoms with Gasteiger partial charge in [-0.1, -0.05) is 42.3 Å². The highest BCUT2D eigenvalue weighted by molar-refractivity contribution is 5.91. The van der Waals surface area contributed by atoms with Crippen LogP contribution in [0.5, 0.6) is 5.75 Å². The van der Waals surface area contributed by atoms with Crippen LogP contribution in [0.15, 0.2) is 65.1 Å². The Balaban J connectivity index is 1.57. The van der Waals surface area contributed by atoms with Crippen LogP contribution < -0.4 is 4.74 Å². The van der Waals surface area contributed by atoms with Gasteiger partial charge in [-0.25, -0.2) is 0 Å². The molecule has 1 unspecified atom stereocenters. The average Bonchev–Trinajstić information content (AvgIpc) is 3.20. The molecule has 6 nitrogen and oxygen atoms in total. The summed E-state index contributed by atoms with van der Waals surface area (Å²) in [5.41, 5.74) is 1.85. The Morgan fingerprint density at radius 3 is 2.68 bits per heavy atom. The molecule has 0 saturated heterocycles. The summed E-state index contributed by atoms with van der Waals surface area (Å²) < 4.78 is 17.6. The number of ether oxygens (including phenoxy) is 2. The molecule has 6 heteroatoms. The number of carbonyl (C=O) groups excluding carboxylic acids is 1. The first kappa shape index (κ1) is 23.6. The van der Waals surface area contributed by atoms with Crippen molar-refractivity contribution < 1.29 is 23.8 Å². The molecule has 0 spiro atoms. The number of aliphatic hydroxyl groups is 1. The molecule has 2 aromatic carbocycles. The standard InChI is InChI=1S/C28H29NO5/c1-4-32-26(20-8-6-5-7-9-20)21-10-12-24-22(18-21)19-29(16-17-33-24)27(30)25-13-11-23(34-25)14-15-28(2,3)31/h5-13,18,26,31H,4,16-17,19H2,1-3H3. The fourth-order valence-corrected chi connectivity index (χ4v) is 3.82. The van der Waals surface area contributed by atoms with Gasteiger partial charge < -0.3 is 23.9 Å². The molecule has 1 aromatic heterocycles. The predicted octanol–water partition coefficient (Wildman–Crippen LogP) is 4.56. The highest BCUT2D eigenvalue weighted by Crippen LogP contribution is 2.32. The van der Waals surface area contributed by atoms with Gasteiger partial charge in [0.25, 0.3) is 5.91 Å². The summed E-state index contributed by atoms with van der Waals surface area (Å²) in [6.45, 7) is 6.94. The molecule has 1 aliphatic heterocycles. The van der Waals surface area contributed by atoms with Gasteiger partial charge in [-0.15, -0.1) is 0 Å². The molecule has 1 atom stereocenters. The zero-order valence-corrected chi connectivity index (χ0v) is 19.7. The fraction of sp³-hybridized carbons (Fsp3) is 0.321. The van der Waals surface area contributed by atoms with E-state index in [0.29, 0.717) is 32.1 Å². The Morgan fingerprint density at radius 2 is 1.94 bits per heavy atom. The van der Waals surface area contributed by atoms with Crippen LogP contribution >= 0.6 is 0 Å². The van der Waals surface area contributed by atoms with Gasteiger partial charge in [0.05, 0.1) is 6.54 Å². The van der Waals surface area contributed by atoms with Crippen molar-refractivity contribution in [2.45, 2.75) is 39.0 Å². The number of amides is 1. The maximum Gasteiger partial charge on any atom is 0.290 e. The number of fused-ring (bicyclic) bond motifs is 1. The van der Waals surface area contributed by atoms with Crippen molar-refractivity contribution >= 4 is 5.91 Å². The summed E-state index contributed by atoms with van der Waals surface area (Å²) in [5.74, 6) is 6.52. The lowest BCUT2D eigenvalue weighted by atomic mass is 9.98. The molecule has 4 rings (SSSR count). The smallest absolute Gasteiger partial charge is 0.290 e. The van der Waals surface area contributed by atoms with Crippen LogP contribution in [-0.2, 0) is 11.3 Å². The fourth-order valence-electron chi connectivity index (χ4n) is 3.82. The van der Waals surface area contributed by atoms with E-state index < -0.39 is 5.60 Å². The third kappa shape index (κ3) is 5.69. The molecular weight excluding hydrogens is 430 g/mol. The maximum absolute atomic E-state index is 13.2. The Bertz CT molecular complexity index is 1200. The third-order valence-corrected chi connectivity index (χ3v) is 5.40. The molecule has 1 aliphatic rings. The van der Waals surface area contributed by atoms with Gasteiger partial charge in [-0.05, 0) is 62.1 Å². The van der Waals surface area contributed by atoms with Crippen LogP contribution in [0.4, 0.5) is 0 Å². The predicted molar refractivity (Wildman–Crippen MR) is 128 cm³/mol. The quantitative estimate of drug-likeness (QED) is 0.566. The molecule has 0 fully saturated rings. The van der Waals surface area contributed by atoms with Crippen molar-refractivity contribution in [3.8, 4) is 17.6 Å².